The molecule has 1 aliphatic rings. The summed E-state index contributed by atoms with van der Waals surface area (Å²) in [6, 6.07) is 8.86. The molecule has 0 saturated carbocycles. The van der Waals surface area contributed by atoms with Crippen LogP contribution in [-0.2, 0) is 6.18 Å². The summed E-state index contributed by atoms with van der Waals surface area (Å²) in [4.78, 5) is 16.7. The number of thiophene rings is 1. The number of benzene rings is 2. The van der Waals surface area contributed by atoms with Crippen molar-refractivity contribution in [3.8, 4) is 0 Å². The van der Waals surface area contributed by atoms with Crippen LogP contribution in [0.15, 0.2) is 47.8 Å². The number of unbranched alkanes of at least 4 members (excludes halogenated alkanes) is 1. The number of carbonyl (C=O) groups excluding carboxylic acids is 1. The summed E-state index contributed by atoms with van der Waals surface area (Å²) in [6.45, 7) is 5.14. The third-order valence-corrected chi connectivity index (χ3v) is 6.82. The Balaban J connectivity index is 1.12. The van der Waals surface area contributed by atoms with Crippen molar-refractivity contribution < 1.29 is 22.4 Å². The minimum absolute atomic E-state index is 0.211. The van der Waals surface area contributed by atoms with Crippen LogP contribution in [-0.4, -0.2) is 50.2 Å². The predicted molar refractivity (Wildman–Crippen MR) is 128 cm³/mol. The van der Waals surface area contributed by atoms with Crippen LogP contribution in [0, 0.1) is 5.82 Å². The van der Waals surface area contributed by atoms with Crippen LogP contribution < -0.4 is 15.5 Å². The Morgan fingerprint density at radius 2 is 1.74 bits per heavy atom. The zero-order valence-corrected chi connectivity index (χ0v) is 19.3. The predicted octanol–water partition coefficient (Wildman–Crippen LogP) is 5.78. The lowest BCUT2D eigenvalue weighted by Gasteiger charge is -2.35. The normalized spacial score (nSPS) is 15.0. The van der Waals surface area contributed by atoms with Crippen molar-refractivity contribution in [2.75, 3.05) is 49.5 Å². The van der Waals surface area contributed by atoms with Gasteiger partial charge in [-0.15, -0.1) is 11.3 Å². The van der Waals surface area contributed by atoms with Crippen LogP contribution in [0.5, 0.6) is 0 Å². The molecule has 2 amide bonds. The maximum atomic E-state index is 13.4. The lowest BCUT2D eigenvalue weighted by molar-refractivity contribution is -0.137. The summed E-state index contributed by atoms with van der Waals surface area (Å²) in [6.07, 6.45) is -2.66. The molecule has 1 fully saturated rings. The Hall–Kier alpha value is -2.85. The number of carbonyl (C=O) groups is 1. The highest BCUT2D eigenvalue weighted by Crippen LogP contribution is 2.34. The molecule has 34 heavy (non-hydrogen) atoms. The van der Waals surface area contributed by atoms with Crippen molar-refractivity contribution in [1.29, 1.82) is 0 Å². The minimum atomic E-state index is -4.40. The second-order valence-electron chi connectivity index (χ2n) is 8.25. The number of hydrogen-bond acceptors (Lipinski definition) is 4. The molecule has 5 nitrogen and oxygen atoms in total. The van der Waals surface area contributed by atoms with Crippen LogP contribution >= 0.6 is 11.3 Å². The molecule has 0 spiro atoms. The van der Waals surface area contributed by atoms with E-state index in [2.05, 4.69) is 25.8 Å². The van der Waals surface area contributed by atoms with E-state index in [1.165, 1.54) is 23.9 Å². The molecule has 2 heterocycles. The van der Waals surface area contributed by atoms with Gasteiger partial charge in [0.2, 0.25) is 0 Å². The Morgan fingerprint density at radius 1 is 1.00 bits per heavy atom. The van der Waals surface area contributed by atoms with Gasteiger partial charge in [-0.1, -0.05) is 0 Å². The number of halogens is 4. The molecule has 0 radical (unpaired) electrons. The van der Waals surface area contributed by atoms with Gasteiger partial charge in [-0.05, 0) is 61.9 Å². The van der Waals surface area contributed by atoms with Gasteiger partial charge in [-0.3, -0.25) is 4.90 Å². The van der Waals surface area contributed by atoms with Crippen molar-refractivity contribution in [2.45, 2.75) is 19.0 Å². The number of alkyl halides is 3. The van der Waals surface area contributed by atoms with Crippen LogP contribution in [0.1, 0.15) is 18.4 Å². The highest BCUT2D eigenvalue weighted by atomic mass is 32.1. The molecule has 0 atom stereocenters. The van der Waals surface area contributed by atoms with Crippen LogP contribution in [0.3, 0.4) is 0 Å². The molecular formula is C24H26F4N4OS. The third kappa shape index (κ3) is 6.18. The van der Waals surface area contributed by atoms with E-state index in [1.807, 2.05) is 6.07 Å². The first-order chi connectivity index (χ1) is 16.3. The molecule has 182 valence electrons. The van der Waals surface area contributed by atoms with E-state index < -0.39 is 17.8 Å². The van der Waals surface area contributed by atoms with Crippen molar-refractivity contribution >= 4 is 38.8 Å². The summed E-state index contributed by atoms with van der Waals surface area (Å²) in [7, 11) is 0. The van der Waals surface area contributed by atoms with Gasteiger partial charge in [0.15, 0.2) is 0 Å². The molecule has 0 aliphatic carbocycles. The van der Waals surface area contributed by atoms with Gasteiger partial charge >= 0.3 is 12.2 Å². The summed E-state index contributed by atoms with van der Waals surface area (Å²) in [5, 5.41) is 8.47. The Morgan fingerprint density at radius 3 is 2.44 bits per heavy atom. The van der Waals surface area contributed by atoms with Gasteiger partial charge < -0.3 is 15.5 Å². The fourth-order valence-electron chi connectivity index (χ4n) is 4.03. The van der Waals surface area contributed by atoms with Crippen LogP contribution in [0.4, 0.5) is 33.7 Å². The maximum Gasteiger partial charge on any atom is 0.416 e. The molecule has 3 aromatic rings. The Kier molecular flexibility index (Phi) is 7.57. The van der Waals surface area contributed by atoms with Gasteiger partial charge in [-0.2, -0.15) is 13.2 Å². The van der Waals surface area contributed by atoms with Crippen LogP contribution in [0.25, 0.3) is 10.1 Å². The number of nitrogens with zero attached hydrogens (tertiary/aromatic N) is 2. The highest BCUT2D eigenvalue weighted by molar-refractivity contribution is 7.17. The van der Waals surface area contributed by atoms with Gasteiger partial charge in [0, 0.05) is 53.9 Å². The van der Waals surface area contributed by atoms with E-state index in [0.29, 0.717) is 12.2 Å². The first kappa shape index (κ1) is 24.3. The molecular weight excluding hydrogens is 468 g/mol. The largest absolute Gasteiger partial charge is 0.416 e. The number of hydrogen-bond donors (Lipinski definition) is 2. The topological polar surface area (TPSA) is 47.6 Å². The molecule has 0 unspecified atom stereocenters. The number of anilines is 2. The molecule has 2 N–H and O–H groups in total. The standard InChI is InChI=1S/C24H26F4N4OS/c25-18-5-8-20-21(16-34-22(20)15-18)32-13-11-31(12-14-32)10-2-1-9-29-23(33)30-19-6-3-17(4-7-19)24(26,27)28/h3-8,15-16H,1-2,9-14H2,(H2,29,30,33). The number of fused-ring (bicyclic) bond motifs is 1. The molecule has 2 aromatic carbocycles. The highest BCUT2D eigenvalue weighted by Gasteiger charge is 2.30. The second kappa shape index (κ2) is 10.6. The first-order valence-corrected chi connectivity index (χ1v) is 12.0. The molecule has 10 heteroatoms. The number of piperazine rings is 1. The zero-order valence-electron chi connectivity index (χ0n) is 18.5. The summed E-state index contributed by atoms with van der Waals surface area (Å²) < 4.78 is 52.2. The summed E-state index contributed by atoms with van der Waals surface area (Å²) in [5.74, 6) is -0.211. The monoisotopic (exact) mass is 494 g/mol. The summed E-state index contributed by atoms with van der Waals surface area (Å²) >= 11 is 1.57. The van der Waals surface area contributed by atoms with E-state index >= 15 is 0 Å². The van der Waals surface area contributed by atoms with E-state index in [4.69, 9.17) is 0 Å². The Bertz CT molecular complexity index is 1110. The van der Waals surface area contributed by atoms with Crippen molar-refractivity contribution in [2.24, 2.45) is 0 Å². The van der Waals surface area contributed by atoms with Gasteiger partial charge in [0.05, 0.1) is 11.3 Å². The molecule has 1 aromatic heterocycles. The SMILES string of the molecule is O=C(NCCCCN1CCN(c2csc3cc(F)ccc23)CC1)Nc1ccc(C(F)(F)F)cc1. The second-order valence-corrected chi connectivity index (χ2v) is 9.16. The smallest absolute Gasteiger partial charge is 0.368 e. The lowest BCUT2D eigenvalue weighted by atomic mass is 10.2. The lowest BCUT2D eigenvalue weighted by Crippen LogP contribution is -2.46. The van der Waals surface area contributed by atoms with E-state index in [-0.39, 0.29) is 5.82 Å². The quantitative estimate of drug-likeness (QED) is 0.323. The van der Waals surface area contributed by atoms with E-state index in [1.54, 1.807) is 17.4 Å². The van der Waals surface area contributed by atoms with Crippen LogP contribution in [0.2, 0.25) is 0 Å². The zero-order chi connectivity index (χ0) is 24.1. The van der Waals surface area contributed by atoms with Gasteiger partial charge in [0.1, 0.15) is 5.82 Å². The maximum absolute atomic E-state index is 13.4. The van der Waals surface area contributed by atoms with E-state index in [0.717, 1.165) is 67.8 Å². The van der Waals surface area contributed by atoms with Crippen molar-refractivity contribution in [3.63, 3.8) is 0 Å². The van der Waals surface area contributed by atoms with Crippen molar-refractivity contribution in [3.05, 3.63) is 59.2 Å². The third-order valence-electron chi connectivity index (χ3n) is 5.89. The first-order valence-electron chi connectivity index (χ1n) is 11.2. The number of urea groups is 1. The number of amides is 2. The summed E-state index contributed by atoms with van der Waals surface area (Å²) in [5.41, 5.74) is 0.730. The number of nitrogens with one attached hydrogen (secondary N) is 2. The van der Waals surface area contributed by atoms with Gasteiger partial charge in [0.25, 0.3) is 0 Å². The van der Waals surface area contributed by atoms with Crippen molar-refractivity contribution in [1.82, 2.24) is 10.2 Å². The molecule has 4 rings (SSSR count). The van der Waals surface area contributed by atoms with E-state index in [9.17, 15) is 22.4 Å². The molecule has 1 saturated heterocycles. The molecule has 0 bridgehead atoms. The average molecular weight is 495 g/mol. The fraction of sp³-hybridized carbons (Fsp3) is 0.375. The fourth-order valence-corrected chi connectivity index (χ4v) is 5.02. The average Bonchev–Trinajstić information content (AvgIpc) is 3.22. The number of rotatable bonds is 7. The molecule has 1 aliphatic heterocycles. The Labute approximate surface area is 199 Å². The van der Waals surface area contributed by atoms with Gasteiger partial charge in [-0.25, -0.2) is 9.18 Å². The minimum Gasteiger partial charge on any atom is -0.368 e.